The number of furan rings is 1. The summed E-state index contributed by atoms with van der Waals surface area (Å²) in [7, 11) is 0. The van der Waals surface area contributed by atoms with Crippen LogP contribution in [0.25, 0.3) is 72.6 Å². The maximum absolute atomic E-state index is 8.02. The van der Waals surface area contributed by atoms with Gasteiger partial charge in [-0.3, -0.25) is 4.98 Å². The van der Waals surface area contributed by atoms with Crippen molar-refractivity contribution in [3.8, 4) is 39.5 Å². The second-order valence-corrected chi connectivity index (χ2v) is 28.3. The molecule has 0 fully saturated rings. The summed E-state index contributed by atoms with van der Waals surface area (Å²) in [5.41, 5.74) is 14.3. The molecular formula is C54H54GeIrN4O-2. The molecule has 0 atom stereocenters. The van der Waals surface area contributed by atoms with Crippen LogP contribution in [0.3, 0.4) is 0 Å². The van der Waals surface area contributed by atoms with E-state index in [-0.39, 0.29) is 20.1 Å². The number of benzene rings is 5. The number of fused-ring (bicyclic) bond motifs is 4. The van der Waals surface area contributed by atoms with E-state index in [1.54, 1.807) is 0 Å². The van der Waals surface area contributed by atoms with Gasteiger partial charge in [0.25, 0.3) is 0 Å². The van der Waals surface area contributed by atoms with Crippen molar-refractivity contribution in [2.75, 3.05) is 0 Å². The third kappa shape index (κ3) is 8.95. The van der Waals surface area contributed by atoms with E-state index < -0.39 is 19.2 Å². The minimum absolute atomic E-state index is 0. The zero-order valence-electron chi connectivity index (χ0n) is 37.8. The molecule has 61 heavy (non-hydrogen) atoms. The van der Waals surface area contributed by atoms with Gasteiger partial charge in [-0.1, -0.05) is 81.1 Å². The third-order valence-corrected chi connectivity index (χ3v) is 15.5. The zero-order chi connectivity index (χ0) is 43.2. The van der Waals surface area contributed by atoms with Crippen molar-refractivity contribution in [2.45, 2.75) is 83.5 Å². The van der Waals surface area contributed by atoms with Gasteiger partial charge in [-0.05, 0) is 77.4 Å². The third-order valence-electron chi connectivity index (χ3n) is 11.3. The molecule has 0 bridgehead atoms. The Balaban J connectivity index is 0.000000233. The van der Waals surface area contributed by atoms with Crippen LogP contribution in [0.1, 0.15) is 83.0 Å². The molecule has 5 aromatic carbocycles. The number of aromatic nitrogens is 4. The fourth-order valence-electron chi connectivity index (χ4n) is 7.81. The summed E-state index contributed by atoms with van der Waals surface area (Å²) in [5, 5.41) is 2.02. The van der Waals surface area contributed by atoms with Crippen LogP contribution in [0.5, 0.6) is 0 Å². The maximum atomic E-state index is 8.02. The summed E-state index contributed by atoms with van der Waals surface area (Å²) in [5.74, 6) is 7.93. The molecule has 0 unspecified atom stereocenters. The van der Waals surface area contributed by atoms with E-state index in [1.807, 2.05) is 63.4 Å². The Morgan fingerprint density at radius 2 is 1.43 bits per heavy atom. The molecule has 4 heterocycles. The number of hydrogen-bond donors (Lipinski definition) is 0. The van der Waals surface area contributed by atoms with E-state index in [0.29, 0.717) is 17.5 Å². The summed E-state index contributed by atoms with van der Waals surface area (Å²) >= 11 is -1.78. The number of imidazole rings is 1. The van der Waals surface area contributed by atoms with Crippen LogP contribution in [-0.4, -0.2) is 32.8 Å². The Hall–Kier alpha value is -5.14. The zero-order valence-corrected chi connectivity index (χ0v) is 41.3. The van der Waals surface area contributed by atoms with Gasteiger partial charge < -0.3 is 8.98 Å². The summed E-state index contributed by atoms with van der Waals surface area (Å²) in [6.45, 7) is 14.9. The Labute approximate surface area is 378 Å². The van der Waals surface area contributed by atoms with Crippen molar-refractivity contribution < 1.29 is 25.9 Å². The number of pyridine rings is 2. The molecule has 0 aliphatic heterocycles. The summed E-state index contributed by atoms with van der Waals surface area (Å²) < 4.78 is 18.2. The Kier molecular flexibility index (Phi) is 12.6. The summed E-state index contributed by atoms with van der Waals surface area (Å²) in [4.78, 5) is 14.5. The van der Waals surface area contributed by atoms with Gasteiger partial charge in [0.15, 0.2) is 0 Å². The van der Waals surface area contributed by atoms with Gasteiger partial charge in [0.05, 0.1) is 22.4 Å². The first-order chi connectivity index (χ1) is 29.1. The maximum Gasteiger partial charge on any atom is 0 e. The fourth-order valence-corrected chi connectivity index (χ4v) is 9.98. The molecule has 1 radical (unpaired) electrons. The standard InChI is InChI=1S/C37H32N3O.C17H22GeN.Ir/c1-22(2)30-20-26(25-12-7-6-8-13-25)21-31(23(3)4)34(30)40-33-17-10-9-16-32(33)39-36(40)29-15-11-14-27-28-19-18-24(5)38-37(28)41-35(27)29;1-13(2)14-6-8-15(9-7-14)17-11-10-16(12-19-17)18(3,4)5;/h6-14,16-23H,1-5H3;6-8,10-13H,1-5H3;/q2*-1;/i;13D;. The molecule has 9 aromatic rings. The van der Waals surface area contributed by atoms with Crippen LogP contribution in [0.4, 0.5) is 0 Å². The molecule has 9 rings (SSSR count). The molecule has 7 heteroatoms. The minimum Gasteiger partial charge on any atom is 0 e. The van der Waals surface area contributed by atoms with Gasteiger partial charge in [-0.25, -0.2) is 4.98 Å². The van der Waals surface area contributed by atoms with Crippen LogP contribution in [-0.2, 0) is 20.1 Å². The van der Waals surface area contributed by atoms with Gasteiger partial charge >= 0.3 is 120 Å². The predicted octanol–water partition coefficient (Wildman–Crippen LogP) is 14.2. The van der Waals surface area contributed by atoms with E-state index in [1.165, 1.54) is 32.3 Å². The van der Waals surface area contributed by atoms with Crippen molar-refractivity contribution in [3.05, 3.63) is 162 Å². The van der Waals surface area contributed by atoms with Crippen LogP contribution >= 0.6 is 0 Å². The normalized spacial score (nSPS) is 12.2. The number of aryl methyl sites for hydroxylation is 1. The smallest absolute Gasteiger partial charge is 0 e. The number of hydrogen-bond acceptors (Lipinski definition) is 4. The second-order valence-electron chi connectivity index (χ2n) is 17.6. The second kappa shape index (κ2) is 18.1. The number of rotatable bonds is 8. The molecule has 0 aliphatic rings. The first-order valence-corrected chi connectivity index (χ1v) is 28.3. The van der Waals surface area contributed by atoms with Gasteiger partial charge in [-0.15, -0.1) is 18.2 Å². The fraction of sp³-hybridized carbons (Fsp3) is 0.241. The molecule has 311 valence electrons. The number of nitrogens with zero attached hydrogens (tertiary/aromatic N) is 4. The van der Waals surface area contributed by atoms with Crippen LogP contribution in [0.2, 0.25) is 17.3 Å². The molecule has 5 nitrogen and oxygen atoms in total. The van der Waals surface area contributed by atoms with Crippen LogP contribution in [0, 0.1) is 19.1 Å². The molecule has 0 amide bonds. The van der Waals surface area contributed by atoms with Crippen molar-refractivity contribution in [1.82, 2.24) is 19.5 Å². The topological polar surface area (TPSA) is 56.7 Å². The van der Waals surface area contributed by atoms with E-state index in [0.717, 1.165) is 61.3 Å². The first-order valence-electron chi connectivity index (χ1n) is 21.5. The Morgan fingerprint density at radius 3 is 2.05 bits per heavy atom. The average molecular weight is 1040 g/mol. The molecular weight excluding hydrogens is 985 g/mol. The minimum atomic E-state index is -1.78. The molecule has 4 aromatic heterocycles. The van der Waals surface area contributed by atoms with E-state index >= 15 is 0 Å². The molecule has 0 spiro atoms. The summed E-state index contributed by atoms with van der Waals surface area (Å²) in [6.07, 6.45) is 2.02. The largest absolute Gasteiger partial charge is 0 e. The van der Waals surface area contributed by atoms with E-state index in [9.17, 15) is 0 Å². The van der Waals surface area contributed by atoms with Crippen LogP contribution in [0.15, 0.2) is 132 Å². The van der Waals surface area contributed by atoms with Crippen molar-refractivity contribution >= 4 is 50.8 Å². The molecule has 0 N–H and O–H groups in total. The van der Waals surface area contributed by atoms with Crippen LogP contribution < -0.4 is 4.40 Å². The molecule has 0 saturated carbocycles. The van der Waals surface area contributed by atoms with E-state index in [2.05, 4.69) is 157 Å². The molecule has 0 saturated heterocycles. The van der Waals surface area contributed by atoms with Crippen molar-refractivity contribution in [3.63, 3.8) is 0 Å². The molecule has 0 aliphatic carbocycles. The quantitative estimate of drug-likeness (QED) is 0.112. The van der Waals surface area contributed by atoms with Gasteiger partial charge in [0, 0.05) is 36.9 Å². The summed E-state index contributed by atoms with van der Waals surface area (Å²) in [6, 6.07) is 48.9. The van der Waals surface area contributed by atoms with Crippen molar-refractivity contribution in [1.29, 1.82) is 0 Å². The van der Waals surface area contributed by atoms with E-state index in [4.69, 9.17) is 10.8 Å². The van der Waals surface area contributed by atoms with Gasteiger partial charge in [0.1, 0.15) is 0 Å². The van der Waals surface area contributed by atoms with Gasteiger partial charge in [0.2, 0.25) is 5.71 Å². The number of para-hydroxylation sites is 2. The SMILES string of the molecule is Cc1ccc2c(n1)oc1c(-c3nc4ccccc4n3-c3c(C(C)C)cc(-c4ccccc4)cc3C(C)C)[c-]ccc12.[2H]C(C)(C)c1c[c-]c(-c2cc[c]([Ge]([CH3])([CH3])[CH3])cn2)cc1.[Ir]. The monoisotopic (exact) mass is 1040 g/mol. The average Bonchev–Trinajstić information content (AvgIpc) is 3.81. The Morgan fingerprint density at radius 1 is 0.721 bits per heavy atom. The van der Waals surface area contributed by atoms with Gasteiger partial charge in [-0.2, -0.15) is 0 Å². The first kappa shape index (κ1) is 42.5. The Bertz CT molecular complexity index is 2910. The predicted molar refractivity (Wildman–Crippen MR) is 254 cm³/mol. The van der Waals surface area contributed by atoms with Crippen molar-refractivity contribution in [2.24, 2.45) is 0 Å².